The maximum absolute atomic E-state index is 15.0. The molecule has 2 aromatic carbocycles. The molecule has 1 saturated carbocycles. The van der Waals surface area contributed by atoms with Crippen molar-refractivity contribution in [2.24, 2.45) is 0 Å². The number of aliphatic hydroxyl groups is 2. The molecule has 1 amide bonds. The third-order valence-electron chi connectivity index (χ3n) is 6.29. The Labute approximate surface area is 217 Å². The van der Waals surface area contributed by atoms with E-state index in [1.165, 1.54) is 30.5 Å². The molecule has 0 unspecified atom stereocenters. The predicted octanol–water partition coefficient (Wildman–Crippen LogP) is 4.49. The molecule has 5 N–H and O–H groups in total. The smallest absolute Gasteiger partial charge is 0.274 e. The van der Waals surface area contributed by atoms with Crippen LogP contribution in [0.5, 0.6) is 0 Å². The SMILES string of the molecule is Nc1ncc([C@H]2CC[C@H](O)C(F)(F)C2)nc1-c1ccc(C(=O)N[C@H](CO)c2cc(F)cc(Br)c2)c(F)c1. The minimum Gasteiger partial charge on any atom is -0.394 e. The van der Waals surface area contributed by atoms with Gasteiger partial charge in [0.15, 0.2) is 0 Å². The van der Waals surface area contributed by atoms with E-state index < -0.39 is 54.6 Å². The first kappa shape index (κ1) is 27.0. The van der Waals surface area contributed by atoms with Gasteiger partial charge in [0.2, 0.25) is 0 Å². The van der Waals surface area contributed by atoms with Crippen LogP contribution in [0.2, 0.25) is 0 Å². The van der Waals surface area contributed by atoms with Gasteiger partial charge in [0.25, 0.3) is 11.8 Å². The van der Waals surface area contributed by atoms with E-state index >= 15 is 0 Å². The van der Waals surface area contributed by atoms with Gasteiger partial charge in [-0.3, -0.25) is 4.79 Å². The number of nitrogen functional groups attached to an aromatic ring is 1. The van der Waals surface area contributed by atoms with Crippen LogP contribution in [0.1, 0.15) is 52.8 Å². The number of halogens is 5. The van der Waals surface area contributed by atoms with Gasteiger partial charge in [0.05, 0.1) is 30.1 Å². The number of rotatable bonds is 6. The van der Waals surface area contributed by atoms with Crippen molar-refractivity contribution < 1.29 is 32.6 Å². The summed E-state index contributed by atoms with van der Waals surface area (Å²) >= 11 is 3.14. The van der Waals surface area contributed by atoms with Gasteiger partial charge in [0.1, 0.15) is 29.3 Å². The highest BCUT2D eigenvalue weighted by atomic mass is 79.9. The summed E-state index contributed by atoms with van der Waals surface area (Å²) < 4.78 is 57.2. The number of benzene rings is 2. The molecule has 0 spiro atoms. The summed E-state index contributed by atoms with van der Waals surface area (Å²) in [5.41, 5.74) is 6.34. The van der Waals surface area contributed by atoms with Gasteiger partial charge in [-0.05, 0) is 48.7 Å². The zero-order valence-corrected chi connectivity index (χ0v) is 20.9. The second-order valence-corrected chi connectivity index (χ2v) is 9.81. The Morgan fingerprint density at radius 1 is 1.22 bits per heavy atom. The molecule has 0 radical (unpaired) electrons. The molecule has 4 rings (SSSR count). The summed E-state index contributed by atoms with van der Waals surface area (Å²) in [5, 5.41) is 21.7. The van der Waals surface area contributed by atoms with Crippen LogP contribution < -0.4 is 11.1 Å². The van der Waals surface area contributed by atoms with E-state index in [9.17, 15) is 32.6 Å². The van der Waals surface area contributed by atoms with Crippen molar-refractivity contribution in [2.75, 3.05) is 12.3 Å². The Bertz CT molecular complexity index is 1310. The molecule has 0 aliphatic heterocycles. The molecule has 196 valence electrons. The molecular weight excluding hydrogens is 560 g/mol. The number of nitrogens with two attached hydrogens (primary N) is 1. The molecule has 1 aliphatic carbocycles. The number of hydrogen-bond acceptors (Lipinski definition) is 6. The lowest BCUT2D eigenvalue weighted by atomic mass is 9.83. The Morgan fingerprint density at radius 3 is 2.62 bits per heavy atom. The lowest BCUT2D eigenvalue weighted by Gasteiger charge is -2.32. The van der Waals surface area contributed by atoms with Crippen LogP contribution in [0.25, 0.3) is 11.3 Å². The molecule has 1 aliphatic rings. The van der Waals surface area contributed by atoms with Gasteiger partial charge in [0, 0.05) is 22.4 Å². The summed E-state index contributed by atoms with van der Waals surface area (Å²) in [4.78, 5) is 21.1. The van der Waals surface area contributed by atoms with Crippen LogP contribution in [0.3, 0.4) is 0 Å². The first-order valence-corrected chi connectivity index (χ1v) is 12.1. The number of aliphatic hydroxyl groups excluding tert-OH is 2. The van der Waals surface area contributed by atoms with Gasteiger partial charge in [-0.1, -0.05) is 22.0 Å². The van der Waals surface area contributed by atoms with Gasteiger partial charge >= 0.3 is 0 Å². The monoisotopic (exact) mass is 582 g/mol. The highest BCUT2D eigenvalue weighted by molar-refractivity contribution is 9.10. The Balaban J connectivity index is 1.57. The van der Waals surface area contributed by atoms with Crippen LogP contribution in [0.4, 0.5) is 23.4 Å². The second kappa shape index (κ2) is 10.7. The fourth-order valence-corrected chi connectivity index (χ4v) is 4.79. The van der Waals surface area contributed by atoms with Crippen LogP contribution >= 0.6 is 15.9 Å². The lowest BCUT2D eigenvalue weighted by Crippen LogP contribution is -2.39. The van der Waals surface area contributed by atoms with E-state index in [0.29, 0.717) is 4.47 Å². The number of hydrogen-bond donors (Lipinski definition) is 4. The van der Waals surface area contributed by atoms with Crippen LogP contribution in [0.15, 0.2) is 47.1 Å². The van der Waals surface area contributed by atoms with E-state index in [2.05, 4.69) is 31.2 Å². The summed E-state index contributed by atoms with van der Waals surface area (Å²) in [6.07, 6.45) is -0.858. The zero-order valence-electron chi connectivity index (χ0n) is 19.3. The van der Waals surface area contributed by atoms with Crippen molar-refractivity contribution in [3.05, 3.63) is 75.5 Å². The van der Waals surface area contributed by atoms with Crippen LogP contribution in [-0.2, 0) is 0 Å². The minimum atomic E-state index is -3.26. The van der Waals surface area contributed by atoms with E-state index in [1.807, 2.05) is 0 Å². The number of amides is 1. The third-order valence-corrected chi connectivity index (χ3v) is 6.75. The second-order valence-electron chi connectivity index (χ2n) is 8.89. The maximum Gasteiger partial charge on any atom is 0.274 e. The van der Waals surface area contributed by atoms with Crippen molar-refractivity contribution >= 4 is 27.7 Å². The predicted molar refractivity (Wildman–Crippen MR) is 131 cm³/mol. The molecule has 1 aromatic heterocycles. The summed E-state index contributed by atoms with van der Waals surface area (Å²) in [7, 11) is 0. The molecule has 1 heterocycles. The molecule has 0 bridgehead atoms. The maximum atomic E-state index is 15.0. The lowest BCUT2D eigenvalue weighted by molar-refractivity contribution is -0.136. The Hall–Kier alpha value is -3.09. The number of aromatic nitrogens is 2. The molecule has 0 saturated heterocycles. The number of carbonyl (C=O) groups is 1. The number of carbonyl (C=O) groups excluding carboxylic acids is 1. The Morgan fingerprint density at radius 2 is 1.97 bits per heavy atom. The number of nitrogens with one attached hydrogen (secondary N) is 1. The number of nitrogens with zero attached hydrogens (tertiary/aromatic N) is 2. The van der Waals surface area contributed by atoms with Crippen molar-refractivity contribution in [1.82, 2.24) is 15.3 Å². The highest BCUT2D eigenvalue weighted by Gasteiger charge is 2.45. The Kier molecular flexibility index (Phi) is 7.81. The van der Waals surface area contributed by atoms with E-state index in [-0.39, 0.29) is 46.7 Å². The van der Waals surface area contributed by atoms with Crippen molar-refractivity contribution in [2.45, 2.75) is 43.2 Å². The average Bonchev–Trinajstić information content (AvgIpc) is 2.83. The molecule has 3 aromatic rings. The van der Waals surface area contributed by atoms with Gasteiger partial charge < -0.3 is 21.3 Å². The molecule has 12 heteroatoms. The molecular formula is C25H23BrF4N4O3. The molecule has 7 nitrogen and oxygen atoms in total. The highest BCUT2D eigenvalue weighted by Crippen LogP contribution is 2.42. The van der Waals surface area contributed by atoms with E-state index in [4.69, 9.17) is 5.73 Å². The van der Waals surface area contributed by atoms with Gasteiger partial charge in [-0.25, -0.2) is 27.5 Å². The fraction of sp³-hybridized carbons (Fsp3) is 0.320. The number of anilines is 1. The summed E-state index contributed by atoms with van der Waals surface area (Å²) in [6, 6.07) is 6.46. The third kappa shape index (κ3) is 5.91. The van der Waals surface area contributed by atoms with Crippen molar-refractivity contribution in [3.8, 4) is 11.3 Å². The van der Waals surface area contributed by atoms with Gasteiger partial charge in [-0.15, -0.1) is 0 Å². The minimum absolute atomic E-state index is 0.0556. The quantitative estimate of drug-likeness (QED) is 0.318. The summed E-state index contributed by atoms with van der Waals surface area (Å²) in [6.45, 7) is -0.558. The van der Waals surface area contributed by atoms with Crippen molar-refractivity contribution in [1.29, 1.82) is 0 Å². The standard InChI is InChI=1S/C25H23BrF4N4O3/c26-15-5-14(6-16(27)8-15)20(11-35)34-24(37)17-3-1-12(7-18(17)28)22-23(31)32-10-19(33-22)13-2-4-21(36)25(29,30)9-13/h1,3,5-8,10,13,20-21,35-36H,2,4,9,11H2,(H2,31,32)(H,34,37)/t13-,20+,21-/m0/s1. The topological polar surface area (TPSA) is 121 Å². The average molecular weight is 583 g/mol. The fourth-order valence-electron chi connectivity index (χ4n) is 4.30. The van der Waals surface area contributed by atoms with Crippen LogP contribution in [-0.4, -0.2) is 44.7 Å². The van der Waals surface area contributed by atoms with Gasteiger partial charge in [-0.2, -0.15) is 0 Å². The van der Waals surface area contributed by atoms with E-state index in [1.54, 1.807) is 0 Å². The zero-order chi connectivity index (χ0) is 26.9. The molecule has 3 atom stereocenters. The normalized spacial score (nSPS) is 19.9. The van der Waals surface area contributed by atoms with Crippen LogP contribution in [0, 0.1) is 11.6 Å². The first-order valence-electron chi connectivity index (χ1n) is 11.3. The number of alkyl halides is 2. The first-order chi connectivity index (χ1) is 17.5. The molecule has 1 fully saturated rings. The van der Waals surface area contributed by atoms with E-state index in [0.717, 1.165) is 12.1 Å². The summed E-state index contributed by atoms with van der Waals surface area (Å²) in [5.74, 6) is -6.34. The largest absolute Gasteiger partial charge is 0.394 e. The molecule has 37 heavy (non-hydrogen) atoms. The van der Waals surface area contributed by atoms with Crippen molar-refractivity contribution in [3.63, 3.8) is 0 Å².